The highest BCUT2D eigenvalue weighted by molar-refractivity contribution is 4.92. The van der Waals surface area contributed by atoms with Crippen LogP contribution >= 0.6 is 0 Å². The maximum atomic E-state index is 4.28. The van der Waals surface area contributed by atoms with Gasteiger partial charge in [0.05, 0.1) is 0 Å². The number of nitrogens with zero attached hydrogens (tertiary/aromatic N) is 2. The topological polar surface area (TPSA) is 29.9 Å². The van der Waals surface area contributed by atoms with Crippen LogP contribution < -0.4 is 5.32 Å². The van der Waals surface area contributed by atoms with E-state index >= 15 is 0 Å². The molecule has 72 valence electrons. The van der Waals surface area contributed by atoms with Gasteiger partial charge >= 0.3 is 0 Å². The Balaban J connectivity index is 1.78. The average Bonchev–Trinajstić information content (AvgIpc) is 2.84. The van der Waals surface area contributed by atoms with Crippen LogP contribution in [0.5, 0.6) is 0 Å². The third-order valence-corrected chi connectivity index (χ3v) is 2.48. The molecule has 0 unspecified atom stereocenters. The van der Waals surface area contributed by atoms with Crippen LogP contribution in [0.2, 0.25) is 0 Å². The number of rotatable bonds is 5. The zero-order valence-electron chi connectivity index (χ0n) is 8.16. The molecule has 1 aliphatic rings. The first-order valence-electron chi connectivity index (χ1n) is 5.13. The van der Waals surface area contributed by atoms with E-state index in [4.69, 9.17) is 0 Å². The van der Waals surface area contributed by atoms with E-state index in [2.05, 4.69) is 28.0 Å². The molecule has 0 atom stereocenters. The Kier molecular flexibility index (Phi) is 2.64. The minimum absolute atomic E-state index is 0.814. The Morgan fingerprint density at radius 2 is 2.46 bits per heavy atom. The van der Waals surface area contributed by atoms with Crippen LogP contribution in [-0.4, -0.2) is 22.1 Å². The lowest BCUT2D eigenvalue weighted by atomic mass is 10.4. The lowest BCUT2D eigenvalue weighted by molar-refractivity contribution is 0.578. The van der Waals surface area contributed by atoms with Gasteiger partial charge in [-0.2, -0.15) is 0 Å². The van der Waals surface area contributed by atoms with Gasteiger partial charge in [-0.1, -0.05) is 6.92 Å². The molecule has 1 heterocycles. The van der Waals surface area contributed by atoms with Gasteiger partial charge in [0.25, 0.3) is 0 Å². The van der Waals surface area contributed by atoms with Gasteiger partial charge in [0.15, 0.2) is 0 Å². The molecule has 0 amide bonds. The number of imidazole rings is 1. The minimum atomic E-state index is 0.814. The van der Waals surface area contributed by atoms with Crippen LogP contribution in [-0.2, 0) is 13.0 Å². The molecule has 0 aliphatic heterocycles. The summed E-state index contributed by atoms with van der Waals surface area (Å²) < 4.78 is 2.23. The molecule has 1 fully saturated rings. The largest absolute Gasteiger partial charge is 0.334 e. The Hall–Kier alpha value is -0.830. The van der Waals surface area contributed by atoms with Gasteiger partial charge < -0.3 is 9.88 Å². The molecule has 1 saturated carbocycles. The molecule has 1 N–H and O–H groups in total. The quantitative estimate of drug-likeness (QED) is 0.736. The Morgan fingerprint density at radius 3 is 3.15 bits per heavy atom. The zero-order valence-corrected chi connectivity index (χ0v) is 8.16. The summed E-state index contributed by atoms with van der Waals surface area (Å²) in [5.74, 6) is 1.19. The summed E-state index contributed by atoms with van der Waals surface area (Å²) >= 11 is 0. The van der Waals surface area contributed by atoms with E-state index in [1.807, 2.05) is 6.20 Å². The van der Waals surface area contributed by atoms with Crippen LogP contribution in [0.3, 0.4) is 0 Å². The number of hydrogen-bond acceptors (Lipinski definition) is 2. The van der Waals surface area contributed by atoms with E-state index in [0.717, 1.165) is 25.6 Å². The fourth-order valence-electron chi connectivity index (χ4n) is 1.53. The summed E-state index contributed by atoms with van der Waals surface area (Å²) in [5.41, 5.74) is 0. The highest BCUT2D eigenvalue weighted by atomic mass is 15.1. The zero-order chi connectivity index (χ0) is 9.10. The summed E-state index contributed by atoms with van der Waals surface area (Å²) in [6.45, 7) is 4.28. The Morgan fingerprint density at radius 1 is 1.62 bits per heavy atom. The van der Waals surface area contributed by atoms with Gasteiger partial charge in [0.1, 0.15) is 5.82 Å². The molecule has 1 aromatic rings. The Bertz CT molecular complexity index is 263. The number of aromatic nitrogens is 2. The van der Waals surface area contributed by atoms with Crippen LogP contribution in [0, 0.1) is 0 Å². The molecular formula is C10H17N3. The van der Waals surface area contributed by atoms with Crippen molar-refractivity contribution < 1.29 is 0 Å². The van der Waals surface area contributed by atoms with Gasteiger partial charge in [-0.05, 0) is 12.8 Å². The van der Waals surface area contributed by atoms with Crippen molar-refractivity contribution in [3.63, 3.8) is 0 Å². The second-order valence-electron chi connectivity index (χ2n) is 3.62. The standard InChI is InChI=1S/C10H17N3/c1-2-10-12-6-8-13(10)7-5-11-9-3-4-9/h6,8-9,11H,2-5,7H2,1H3. The van der Waals surface area contributed by atoms with E-state index in [1.165, 1.54) is 18.7 Å². The third-order valence-electron chi connectivity index (χ3n) is 2.48. The highest BCUT2D eigenvalue weighted by Crippen LogP contribution is 2.18. The summed E-state index contributed by atoms with van der Waals surface area (Å²) in [4.78, 5) is 4.28. The van der Waals surface area contributed by atoms with Crippen LogP contribution in [0.15, 0.2) is 12.4 Å². The summed E-state index contributed by atoms with van der Waals surface area (Å²) in [6.07, 6.45) is 7.70. The summed E-state index contributed by atoms with van der Waals surface area (Å²) in [6, 6.07) is 0.814. The average molecular weight is 179 g/mol. The number of hydrogen-bond donors (Lipinski definition) is 1. The van der Waals surface area contributed by atoms with E-state index < -0.39 is 0 Å². The lowest BCUT2D eigenvalue weighted by Gasteiger charge is -2.06. The molecule has 0 saturated heterocycles. The molecule has 0 spiro atoms. The predicted molar refractivity (Wildman–Crippen MR) is 52.6 cm³/mol. The van der Waals surface area contributed by atoms with E-state index in [1.54, 1.807) is 0 Å². The molecule has 2 rings (SSSR count). The van der Waals surface area contributed by atoms with Gasteiger partial charge in [0.2, 0.25) is 0 Å². The molecule has 1 aromatic heterocycles. The lowest BCUT2D eigenvalue weighted by Crippen LogP contribution is -2.22. The van der Waals surface area contributed by atoms with Crippen molar-refractivity contribution in [2.75, 3.05) is 6.54 Å². The monoisotopic (exact) mass is 179 g/mol. The van der Waals surface area contributed by atoms with Crippen molar-refractivity contribution in [2.24, 2.45) is 0 Å². The number of nitrogens with one attached hydrogen (secondary N) is 1. The maximum Gasteiger partial charge on any atom is 0.108 e. The van der Waals surface area contributed by atoms with E-state index in [9.17, 15) is 0 Å². The van der Waals surface area contributed by atoms with Crippen molar-refractivity contribution >= 4 is 0 Å². The normalized spacial score (nSPS) is 16.4. The molecule has 1 aliphatic carbocycles. The van der Waals surface area contributed by atoms with Crippen LogP contribution in [0.1, 0.15) is 25.6 Å². The SMILES string of the molecule is CCc1nccn1CCNC1CC1. The first-order valence-corrected chi connectivity index (χ1v) is 5.13. The smallest absolute Gasteiger partial charge is 0.108 e. The summed E-state index contributed by atoms with van der Waals surface area (Å²) in [5, 5.41) is 3.50. The summed E-state index contributed by atoms with van der Waals surface area (Å²) in [7, 11) is 0. The first-order chi connectivity index (χ1) is 6.40. The fraction of sp³-hybridized carbons (Fsp3) is 0.700. The van der Waals surface area contributed by atoms with Gasteiger partial charge in [-0.15, -0.1) is 0 Å². The molecule has 0 aromatic carbocycles. The Labute approximate surface area is 79.2 Å². The van der Waals surface area contributed by atoms with Gasteiger partial charge in [0, 0.05) is 37.9 Å². The van der Waals surface area contributed by atoms with Gasteiger partial charge in [-0.25, -0.2) is 4.98 Å². The molecule has 3 nitrogen and oxygen atoms in total. The predicted octanol–water partition coefficient (Wildman–Crippen LogP) is 1.20. The van der Waals surface area contributed by atoms with Crippen molar-refractivity contribution in [1.29, 1.82) is 0 Å². The van der Waals surface area contributed by atoms with E-state index in [-0.39, 0.29) is 0 Å². The van der Waals surface area contributed by atoms with Crippen molar-refractivity contribution in [3.8, 4) is 0 Å². The third kappa shape index (κ3) is 2.31. The second-order valence-corrected chi connectivity index (χ2v) is 3.62. The van der Waals surface area contributed by atoms with E-state index in [0.29, 0.717) is 0 Å². The molecule has 13 heavy (non-hydrogen) atoms. The number of aryl methyl sites for hydroxylation is 1. The molecule has 0 radical (unpaired) electrons. The van der Waals surface area contributed by atoms with Crippen LogP contribution in [0.25, 0.3) is 0 Å². The van der Waals surface area contributed by atoms with Crippen LogP contribution in [0.4, 0.5) is 0 Å². The molecular weight excluding hydrogens is 162 g/mol. The highest BCUT2D eigenvalue weighted by Gasteiger charge is 2.19. The fourth-order valence-corrected chi connectivity index (χ4v) is 1.53. The van der Waals surface area contributed by atoms with Gasteiger partial charge in [-0.3, -0.25) is 0 Å². The van der Waals surface area contributed by atoms with Crippen molar-refractivity contribution in [2.45, 2.75) is 38.8 Å². The minimum Gasteiger partial charge on any atom is -0.334 e. The first kappa shape index (κ1) is 8.75. The second kappa shape index (κ2) is 3.92. The molecule has 3 heteroatoms. The molecule has 0 bridgehead atoms. The van der Waals surface area contributed by atoms with Crippen molar-refractivity contribution in [1.82, 2.24) is 14.9 Å². The van der Waals surface area contributed by atoms with Crippen molar-refractivity contribution in [3.05, 3.63) is 18.2 Å². The maximum absolute atomic E-state index is 4.28.